The third-order valence-electron chi connectivity index (χ3n) is 3.68. The van der Waals surface area contributed by atoms with E-state index in [0.717, 1.165) is 12.0 Å². The van der Waals surface area contributed by atoms with Crippen molar-refractivity contribution in [3.63, 3.8) is 0 Å². The molecular formula is C19H20ClNO3. The van der Waals surface area contributed by atoms with Crippen LogP contribution in [0.2, 0.25) is 5.02 Å². The molecule has 1 atom stereocenters. The highest BCUT2D eigenvalue weighted by Crippen LogP contribution is 2.14. The molecule has 0 fully saturated rings. The molecule has 0 spiro atoms. The van der Waals surface area contributed by atoms with Gasteiger partial charge in [0.1, 0.15) is 0 Å². The number of aryl methyl sites for hydroxylation is 1. The van der Waals surface area contributed by atoms with Gasteiger partial charge in [0.05, 0.1) is 11.6 Å². The first-order chi connectivity index (χ1) is 11.5. The van der Waals surface area contributed by atoms with E-state index in [4.69, 9.17) is 16.3 Å². The Hall–Kier alpha value is -2.33. The Morgan fingerprint density at radius 3 is 2.29 bits per heavy atom. The number of hydrogen-bond acceptors (Lipinski definition) is 3. The smallest absolute Gasteiger partial charge is 0.338 e. The van der Waals surface area contributed by atoms with E-state index in [1.807, 2.05) is 31.2 Å². The minimum atomic E-state index is -0.554. The minimum Gasteiger partial charge on any atom is -0.452 e. The quantitative estimate of drug-likeness (QED) is 0.807. The Labute approximate surface area is 146 Å². The second-order valence-corrected chi connectivity index (χ2v) is 5.90. The van der Waals surface area contributed by atoms with Crippen LogP contribution >= 0.6 is 11.6 Å². The molecule has 0 unspecified atom stereocenters. The van der Waals surface area contributed by atoms with Crippen LogP contribution in [0.3, 0.4) is 0 Å². The number of esters is 1. The van der Waals surface area contributed by atoms with Crippen LogP contribution in [0, 0.1) is 0 Å². The van der Waals surface area contributed by atoms with Crippen LogP contribution in [0.4, 0.5) is 0 Å². The van der Waals surface area contributed by atoms with E-state index in [1.54, 1.807) is 24.3 Å². The first-order valence-corrected chi connectivity index (χ1v) is 8.18. The third-order valence-corrected chi connectivity index (χ3v) is 3.93. The van der Waals surface area contributed by atoms with E-state index in [-0.39, 0.29) is 18.6 Å². The molecule has 1 amide bonds. The molecule has 2 rings (SSSR count). The van der Waals surface area contributed by atoms with Gasteiger partial charge in [-0.2, -0.15) is 0 Å². The summed E-state index contributed by atoms with van der Waals surface area (Å²) in [6.45, 7) is 3.66. The molecule has 126 valence electrons. The van der Waals surface area contributed by atoms with Crippen molar-refractivity contribution in [2.75, 3.05) is 6.61 Å². The summed E-state index contributed by atoms with van der Waals surface area (Å²) in [5.74, 6) is -0.897. The number of benzene rings is 2. The maximum atomic E-state index is 11.9. The van der Waals surface area contributed by atoms with Crippen LogP contribution in [0.15, 0.2) is 48.5 Å². The molecule has 24 heavy (non-hydrogen) atoms. The van der Waals surface area contributed by atoms with Crippen molar-refractivity contribution in [3.05, 3.63) is 70.2 Å². The van der Waals surface area contributed by atoms with Crippen molar-refractivity contribution in [2.45, 2.75) is 26.3 Å². The van der Waals surface area contributed by atoms with Crippen molar-refractivity contribution >= 4 is 23.5 Å². The number of carbonyl (C=O) groups is 2. The van der Waals surface area contributed by atoms with Gasteiger partial charge in [-0.3, -0.25) is 4.79 Å². The summed E-state index contributed by atoms with van der Waals surface area (Å²) >= 11 is 5.76. The number of nitrogens with one attached hydrogen (secondary N) is 1. The van der Waals surface area contributed by atoms with Crippen LogP contribution in [-0.4, -0.2) is 18.5 Å². The molecule has 0 saturated heterocycles. The lowest BCUT2D eigenvalue weighted by atomic mass is 10.1. The van der Waals surface area contributed by atoms with Crippen molar-refractivity contribution < 1.29 is 14.3 Å². The van der Waals surface area contributed by atoms with Gasteiger partial charge in [0.2, 0.25) is 0 Å². The van der Waals surface area contributed by atoms with Gasteiger partial charge in [0.15, 0.2) is 6.61 Å². The number of hydrogen-bond donors (Lipinski definition) is 1. The maximum absolute atomic E-state index is 11.9. The summed E-state index contributed by atoms with van der Waals surface area (Å²) in [7, 11) is 0. The standard InChI is InChI=1S/C19H20ClNO3/c1-3-14-4-6-15(7-5-14)13(2)21-18(22)12-24-19(23)16-8-10-17(20)11-9-16/h4-11,13H,3,12H2,1-2H3,(H,21,22)/t13-/m0/s1. The van der Waals surface area contributed by atoms with Crippen LogP contribution in [0.25, 0.3) is 0 Å². The molecule has 0 heterocycles. The molecule has 1 N–H and O–H groups in total. The summed E-state index contributed by atoms with van der Waals surface area (Å²) < 4.78 is 5.01. The van der Waals surface area contributed by atoms with Crippen molar-refractivity contribution in [1.82, 2.24) is 5.32 Å². The molecule has 2 aromatic carbocycles. The molecule has 2 aromatic rings. The number of ether oxygens (including phenoxy) is 1. The molecule has 4 nitrogen and oxygen atoms in total. The first-order valence-electron chi connectivity index (χ1n) is 7.80. The zero-order chi connectivity index (χ0) is 17.5. The highest BCUT2D eigenvalue weighted by molar-refractivity contribution is 6.30. The van der Waals surface area contributed by atoms with Crippen molar-refractivity contribution in [3.8, 4) is 0 Å². The van der Waals surface area contributed by atoms with Gasteiger partial charge in [0, 0.05) is 5.02 Å². The van der Waals surface area contributed by atoms with E-state index >= 15 is 0 Å². The lowest BCUT2D eigenvalue weighted by Crippen LogP contribution is -2.31. The zero-order valence-electron chi connectivity index (χ0n) is 13.7. The van der Waals surface area contributed by atoms with Crippen LogP contribution < -0.4 is 5.32 Å². The fourth-order valence-corrected chi connectivity index (χ4v) is 2.33. The van der Waals surface area contributed by atoms with E-state index in [9.17, 15) is 9.59 Å². The number of rotatable bonds is 6. The Bertz CT molecular complexity index is 696. The van der Waals surface area contributed by atoms with E-state index < -0.39 is 5.97 Å². The second kappa shape index (κ2) is 8.50. The highest BCUT2D eigenvalue weighted by atomic mass is 35.5. The van der Waals surface area contributed by atoms with Crippen molar-refractivity contribution in [1.29, 1.82) is 0 Å². The summed E-state index contributed by atoms with van der Waals surface area (Å²) in [6, 6.07) is 14.2. The molecule has 0 bridgehead atoms. The molecule has 0 aliphatic rings. The van der Waals surface area contributed by atoms with Gasteiger partial charge in [-0.1, -0.05) is 42.8 Å². The second-order valence-electron chi connectivity index (χ2n) is 5.47. The lowest BCUT2D eigenvalue weighted by molar-refractivity contribution is -0.124. The summed E-state index contributed by atoms with van der Waals surface area (Å²) in [6.07, 6.45) is 0.974. The van der Waals surface area contributed by atoms with E-state index in [1.165, 1.54) is 5.56 Å². The van der Waals surface area contributed by atoms with Crippen molar-refractivity contribution in [2.24, 2.45) is 0 Å². The Kier molecular flexibility index (Phi) is 6.38. The molecule has 0 aliphatic carbocycles. The maximum Gasteiger partial charge on any atom is 0.338 e. The SMILES string of the molecule is CCc1ccc([C@H](C)NC(=O)COC(=O)c2ccc(Cl)cc2)cc1. The lowest BCUT2D eigenvalue weighted by Gasteiger charge is -2.15. The topological polar surface area (TPSA) is 55.4 Å². The minimum absolute atomic E-state index is 0.155. The van der Waals surface area contributed by atoms with Crippen LogP contribution in [-0.2, 0) is 16.0 Å². The van der Waals surface area contributed by atoms with Gasteiger partial charge >= 0.3 is 5.97 Å². The average Bonchev–Trinajstić information content (AvgIpc) is 2.60. The fourth-order valence-electron chi connectivity index (χ4n) is 2.21. The van der Waals surface area contributed by atoms with Crippen LogP contribution in [0.5, 0.6) is 0 Å². The predicted octanol–water partition coefficient (Wildman–Crippen LogP) is 3.94. The molecule has 0 aromatic heterocycles. The summed E-state index contributed by atoms with van der Waals surface area (Å²) in [5.41, 5.74) is 2.61. The summed E-state index contributed by atoms with van der Waals surface area (Å²) in [4.78, 5) is 23.8. The number of carbonyl (C=O) groups excluding carboxylic acids is 2. The van der Waals surface area contributed by atoms with E-state index in [2.05, 4.69) is 12.2 Å². The monoisotopic (exact) mass is 345 g/mol. The van der Waals surface area contributed by atoms with E-state index in [0.29, 0.717) is 10.6 Å². The zero-order valence-corrected chi connectivity index (χ0v) is 14.5. The molecule has 0 saturated carbocycles. The molecule has 0 radical (unpaired) electrons. The van der Waals surface area contributed by atoms with Crippen LogP contribution in [0.1, 0.15) is 41.4 Å². The highest BCUT2D eigenvalue weighted by Gasteiger charge is 2.13. The van der Waals surface area contributed by atoms with Gasteiger partial charge in [-0.15, -0.1) is 0 Å². The average molecular weight is 346 g/mol. The Morgan fingerprint density at radius 2 is 1.71 bits per heavy atom. The van der Waals surface area contributed by atoms with Gasteiger partial charge in [-0.05, 0) is 48.7 Å². The first kappa shape index (κ1) is 18.0. The largest absolute Gasteiger partial charge is 0.452 e. The molecular weight excluding hydrogens is 326 g/mol. The Morgan fingerprint density at radius 1 is 1.08 bits per heavy atom. The third kappa shape index (κ3) is 5.10. The molecule has 5 heteroatoms. The fraction of sp³-hybridized carbons (Fsp3) is 0.263. The number of amides is 1. The predicted molar refractivity (Wildman–Crippen MR) is 94.1 cm³/mol. The van der Waals surface area contributed by atoms with Gasteiger partial charge in [-0.25, -0.2) is 4.79 Å². The van der Waals surface area contributed by atoms with Gasteiger partial charge in [0.25, 0.3) is 5.91 Å². The molecule has 0 aliphatic heterocycles. The normalized spacial score (nSPS) is 11.6. The van der Waals surface area contributed by atoms with Gasteiger partial charge < -0.3 is 10.1 Å². The summed E-state index contributed by atoms with van der Waals surface area (Å²) in [5, 5.41) is 3.35. The number of halogens is 1. The Balaban J connectivity index is 1.83.